The SMILES string of the molecule is Cc1cc(NC(=O)NCCN2CCC(N(C)S(=O)(=O)c3ccc4c(c3)CN(C(=O)C(F)(F)F)CC4)C2)c2ccccc2n1. The highest BCUT2D eigenvalue weighted by Crippen LogP contribution is 2.29. The lowest BCUT2D eigenvalue weighted by molar-refractivity contribution is -0.186. The molecule has 3 heterocycles. The lowest BCUT2D eigenvalue weighted by Gasteiger charge is -2.30. The number of fused-ring (bicyclic) bond motifs is 2. The Morgan fingerprint density at radius 2 is 1.86 bits per heavy atom. The van der Waals surface area contributed by atoms with Crippen molar-refractivity contribution in [2.45, 2.75) is 43.4 Å². The van der Waals surface area contributed by atoms with Gasteiger partial charge < -0.3 is 15.5 Å². The zero-order valence-corrected chi connectivity index (χ0v) is 24.6. The van der Waals surface area contributed by atoms with Gasteiger partial charge in [-0.2, -0.15) is 17.5 Å². The van der Waals surface area contributed by atoms with Gasteiger partial charge in [-0.3, -0.25) is 14.7 Å². The molecule has 0 bridgehead atoms. The Labute approximate surface area is 247 Å². The molecule has 1 saturated heterocycles. The normalized spacial score (nSPS) is 17.7. The monoisotopic (exact) mass is 618 g/mol. The van der Waals surface area contributed by atoms with Crippen LogP contribution in [-0.4, -0.2) is 91.4 Å². The number of pyridine rings is 1. The number of sulfonamides is 1. The Bertz CT molecular complexity index is 1650. The molecule has 1 atom stereocenters. The van der Waals surface area contributed by atoms with Crippen molar-refractivity contribution in [3.8, 4) is 0 Å². The average Bonchev–Trinajstić information content (AvgIpc) is 3.44. The van der Waals surface area contributed by atoms with Crippen LogP contribution in [0.1, 0.15) is 23.2 Å². The van der Waals surface area contributed by atoms with E-state index in [1.54, 1.807) is 6.07 Å². The van der Waals surface area contributed by atoms with Gasteiger partial charge in [0.2, 0.25) is 10.0 Å². The molecule has 0 radical (unpaired) electrons. The highest BCUT2D eigenvalue weighted by atomic mass is 32.2. The van der Waals surface area contributed by atoms with E-state index < -0.39 is 22.1 Å². The predicted molar refractivity (Wildman–Crippen MR) is 155 cm³/mol. The van der Waals surface area contributed by atoms with Crippen LogP contribution < -0.4 is 10.6 Å². The molecule has 1 unspecified atom stereocenters. The fourth-order valence-electron chi connectivity index (χ4n) is 5.63. The summed E-state index contributed by atoms with van der Waals surface area (Å²) in [5.74, 6) is -1.93. The first-order valence-electron chi connectivity index (χ1n) is 13.9. The first-order valence-corrected chi connectivity index (χ1v) is 15.4. The van der Waals surface area contributed by atoms with Gasteiger partial charge in [-0.05, 0) is 61.7 Å². The van der Waals surface area contributed by atoms with Crippen molar-refractivity contribution in [2.75, 3.05) is 45.1 Å². The maximum atomic E-state index is 13.5. The summed E-state index contributed by atoms with van der Waals surface area (Å²) >= 11 is 0. The molecule has 2 aromatic carbocycles. The van der Waals surface area contributed by atoms with E-state index >= 15 is 0 Å². The molecule has 0 spiro atoms. The van der Waals surface area contributed by atoms with Crippen LogP contribution in [0.3, 0.4) is 0 Å². The number of aryl methyl sites for hydroxylation is 1. The molecule has 3 amide bonds. The third-order valence-electron chi connectivity index (χ3n) is 7.96. The van der Waals surface area contributed by atoms with Crippen LogP contribution in [0, 0.1) is 6.92 Å². The number of amides is 3. The van der Waals surface area contributed by atoms with Crippen LogP contribution in [0.5, 0.6) is 0 Å². The summed E-state index contributed by atoms with van der Waals surface area (Å²) in [6, 6.07) is 13.1. The van der Waals surface area contributed by atoms with Gasteiger partial charge in [0.25, 0.3) is 0 Å². The zero-order chi connectivity index (χ0) is 30.9. The second-order valence-electron chi connectivity index (χ2n) is 10.9. The van der Waals surface area contributed by atoms with E-state index in [1.165, 1.54) is 23.5 Å². The van der Waals surface area contributed by atoms with Gasteiger partial charge in [-0.15, -0.1) is 0 Å². The van der Waals surface area contributed by atoms with Crippen molar-refractivity contribution in [3.63, 3.8) is 0 Å². The first-order chi connectivity index (χ1) is 20.3. The van der Waals surface area contributed by atoms with Gasteiger partial charge in [-0.25, -0.2) is 13.2 Å². The second kappa shape index (κ2) is 12.1. The summed E-state index contributed by atoms with van der Waals surface area (Å²) in [5, 5.41) is 6.56. The third kappa shape index (κ3) is 6.76. The van der Waals surface area contributed by atoms with E-state index in [9.17, 15) is 31.2 Å². The number of hydrogen-bond donors (Lipinski definition) is 2. The maximum Gasteiger partial charge on any atom is 0.471 e. The topological polar surface area (TPSA) is 115 Å². The van der Waals surface area contributed by atoms with Gasteiger partial charge in [0.15, 0.2) is 0 Å². The van der Waals surface area contributed by atoms with Crippen molar-refractivity contribution in [3.05, 3.63) is 65.4 Å². The highest BCUT2D eigenvalue weighted by Gasteiger charge is 2.43. The number of carbonyl (C=O) groups is 2. The first kappa shape index (κ1) is 30.7. The van der Waals surface area contributed by atoms with Crippen molar-refractivity contribution >= 4 is 38.6 Å². The lowest BCUT2D eigenvalue weighted by atomic mass is 10.00. The van der Waals surface area contributed by atoms with Crippen LogP contribution in [0.15, 0.2) is 53.4 Å². The number of nitrogens with one attached hydrogen (secondary N) is 2. The number of halogens is 3. The van der Waals surface area contributed by atoms with Crippen LogP contribution in [-0.2, 0) is 27.8 Å². The molecule has 2 N–H and O–H groups in total. The summed E-state index contributed by atoms with van der Waals surface area (Å²) in [7, 11) is -2.44. The lowest BCUT2D eigenvalue weighted by Crippen LogP contribution is -2.44. The molecule has 3 aromatic rings. The minimum Gasteiger partial charge on any atom is -0.337 e. The van der Waals surface area contributed by atoms with Crippen molar-refractivity contribution in [1.82, 2.24) is 24.4 Å². The van der Waals surface area contributed by atoms with Crippen molar-refractivity contribution in [1.29, 1.82) is 0 Å². The molecule has 230 valence electrons. The molecule has 2 aliphatic rings. The Morgan fingerprint density at radius 3 is 2.63 bits per heavy atom. The summed E-state index contributed by atoms with van der Waals surface area (Å²) in [4.78, 5) is 31.5. The van der Waals surface area contributed by atoms with Gasteiger partial charge in [0.05, 0.1) is 16.1 Å². The second-order valence-corrected chi connectivity index (χ2v) is 12.9. The minimum atomic E-state index is -4.98. The Morgan fingerprint density at radius 1 is 1.09 bits per heavy atom. The highest BCUT2D eigenvalue weighted by molar-refractivity contribution is 7.89. The summed E-state index contributed by atoms with van der Waals surface area (Å²) < 4.78 is 67.0. The molecule has 1 aromatic heterocycles. The quantitative estimate of drug-likeness (QED) is 0.419. The number of aromatic nitrogens is 1. The number of carbonyl (C=O) groups excluding carboxylic acids is 2. The van der Waals surface area contributed by atoms with Crippen LogP contribution in [0.2, 0.25) is 0 Å². The van der Waals surface area contributed by atoms with Gasteiger partial charge in [-0.1, -0.05) is 24.3 Å². The number of anilines is 1. The summed E-state index contributed by atoms with van der Waals surface area (Å²) in [6.45, 7) is 3.47. The molecule has 5 rings (SSSR count). The van der Waals surface area contributed by atoms with E-state index in [-0.39, 0.29) is 36.5 Å². The molecular weight excluding hydrogens is 585 g/mol. The molecule has 0 aliphatic carbocycles. The molecule has 14 heteroatoms. The van der Waals surface area contributed by atoms with E-state index in [0.29, 0.717) is 48.8 Å². The Balaban J connectivity index is 1.15. The fourth-order valence-corrected chi connectivity index (χ4v) is 7.05. The number of para-hydroxylation sites is 1. The zero-order valence-electron chi connectivity index (χ0n) is 23.8. The summed E-state index contributed by atoms with van der Waals surface area (Å²) in [6.07, 6.45) is -4.18. The molecule has 0 saturated carbocycles. The number of benzene rings is 2. The number of likely N-dealkylation sites (tertiary alicyclic amines) is 1. The molecule has 1 fully saturated rings. The molecule has 2 aliphatic heterocycles. The summed E-state index contributed by atoms with van der Waals surface area (Å²) in [5.41, 5.74) is 3.35. The van der Waals surface area contributed by atoms with Crippen LogP contribution >= 0.6 is 0 Å². The van der Waals surface area contributed by atoms with Gasteiger partial charge in [0, 0.05) is 56.9 Å². The largest absolute Gasteiger partial charge is 0.471 e. The number of alkyl halides is 3. The van der Waals surface area contributed by atoms with Gasteiger partial charge >= 0.3 is 18.1 Å². The molecule has 43 heavy (non-hydrogen) atoms. The van der Waals surface area contributed by atoms with E-state index in [2.05, 4.69) is 20.5 Å². The minimum absolute atomic E-state index is 0.0225. The van der Waals surface area contributed by atoms with Crippen LogP contribution in [0.25, 0.3) is 10.9 Å². The third-order valence-corrected chi connectivity index (χ3v) is 9.87. The molecular formula is C29H33F3N6O4S. The number of hydrogen-bond acceptors (Lipinski definition) is 6. The van der Waals surface area contributed by atoms with Crippen LogP contribution in [0.4, 0.5) is 23.7 Å². The maximum absolute atomic E-state index is 13.5. The molecule has 10 nitrogen and oxygen atoms in total. The average molecular weight is 619 g/mol. The number of rotatable bonds is 7. The number of likely N-dealkylation sites (N-methyl/N-ethyl adjacent to an activating group) is 1. The number of nitrogens with zero attached hydrogens (tertiary/aromatic N) is 4. The number of urea groups is 1. The van der Waals surface area contributed by atoms with E-state index in [4.69, 9.17) is 0 Å². The fraction of sp³-hybridized carbons (Fsp3) is 0.414. The smallest absolute Gasteiger partial charge is 0.337 e. The van der Waals surface area contributed by atoms with E-state index in [0.717, 1.165) is 22.2 Å². The Kier molecular flexibility index (Phi) is 8.63. The van der Waals surface area contributed by atoms with Crippen molar-refractivity contribution in [2.24, 2.45) is 0 Å². The van der Waals surface area contributed by atoms with E-state index in [1.807, 2.05) is 37.3 Å². The standard InChI is InChI=1S/C29H33F3N6O4S/c1-19-15-26(24-5-3-4-6-25(24)34-19)35-28(40)33-11-14-37-12-10-22(18-37)36(2)43(41,42)23-8-7-20-9-13-38(17-21(20)16-23)27(39)29(30,31)32/h3-8,15-16,22H,9-14,17-18H2,1-2H3,(H2,33,34,35,40). The van der Waals surface area contributed by atoms with Crippen molar-refractivity contribution < 1.29 is 31.2 Å². The predicted octanol–water partition coefficient (Wildman–Crippen LogP) is 3.51. The Hall–Kier alpha value is -3.75. The van der Waals surface area contributed by atoms with Gasteiger partial charge in [0.1, 0.15) is 0 Å².